The molecular formula is C15H21N3O. The molecule has 1 aliphatic heterocycles. The molecule has 1 aromatic carbocycles. The zero-order chi connectivity index (χ0) is 13.5. The molecule has 19 heavy (non-hydrogen) atoms. The maximum atomic E-state index is 8.43. The minimum Gasteiger partial charge on any atom is -0.479 e. The monoisotopic (exact) mass is 259 g/mol. The molecule has 102 valence electrons. The van der Waals surface area contributed by atoms with Crippen LogP contribution in [0.15, 0.2) is 24.3 Å². The highest BCUT2D eigenvalue weighted by atomic mass is 16.5. The third-order valence-corrected chi connectivity index (χ3v) is 3.48. The Morgan fingerprint density at radius 2 is 2.21 bits per heavy atom. The molecule has 0 spiro atoms. The van der Waals surface area contributed by atoms with Gasteiger partial charge in [0.2, 0.25) is 0 Å². The Kier molecular flexibility index (Phi) is 5.20. The maximum Gasteiger partial charge on any atom is 0.174 e. The average molecular weight is 259 g/mol. The summed E-state index contributed by atoms with van der Waals surface area (Å²) in [7, 11) is 2.18. The Labute approximate surface area is 115 Å². The summed E-state index contributed by atoms with van der Waals surface area (Å²) in [6.07, 6.45) is 1.30. The molecule has 1 fully saturated rings. The van der Waals surface area contributed by atoms with Crippen molar-refractivity contribution in [2.24, 2.45) is 5.92 Å². The summed E-state index contributed by atoms with van der Waals surface area (Å²) in [6, 6.07) is 9.87. The fourth-order valence-corrected chi connectivity index (χ4v) is 2.43. The number of benzene rings is 1. The zero-order valence-corrected chi connectivity index (χ0v) is 11.4. The van der Waals surface area contributed by atoms with E-state index < -0.39 is 0 Å². The quantitative estimate of drug-likeness (QED) is 0.843. The molecule has 4 heteroatoms. The van der Waals surface area contributed by atoms with Crippen LogP contribution < -0.4 is 10.1 Å². The van der Waals surface area contributed by atoms with Crippen LogP contribution in [0.3, 0.4) is 0 Å². The minimum atomic E-state index is 0.104. The second-order valence-corrected chi connectivity index (χ2v) is 5.14. The van der Waals surface area contributed by atoms with Gasteiger partial charge in [-0.1, -0.05) is 12.1 Å². The third-order valence-electron chi connectivity index (χ3n) is 3.48. The molecule has 0 aromatic heterocycles. The van der Waals surface area contributed by atoms with Crippen molar-refractivity contribution in [2.75, 3.05) is 33.3 Å². The lowest BCUT2D eigenvalue weighted by Gasteiger charge is -2.12. The lowest BCUT2D eigenvalue weighted by molar-refractivity contribution is 0.368. The molecule has 1 atom stereocenters. The van der Waals surface area contributed by atoms with Gasteiger partial charge in [0.05, 0.1) is 0 Å². The third kappa shape index (κ3) is 4.55. The lowest BCUT2D eigenvalue weighted by Crippen LogP contribution is -2.24. The smallest absolute Gasteiger partial charge is 0.174 e. The van der Waals surface area contributed by atoms with Gasteiger partial charge in [-0.25, -0.2) is 0 Å². The summed E-state index contributed by atoms with van der Waals surface area (Å²) in [6.45, 7) is 4.49. The number of hydrogen-bond acceptors (Lipinski definition) is 4. The van der Waals surface area contributed by atoms with Crippen LogP contribution in [0.1, 0.15) is 12.0 Å². The summed E-state index contributed by atoms with van der Waals surface area (Å²) in [5, 5.41) is 11.9. The fourth-order valence-electron chi connectivity index (χ4n) is 2.43. The number of nitriles is 1. The Morgan fingerprint density at radius 1 is 1.42 bits per heavy atom. The van der Waals surface area contributed by atoms with E-state index in [0.717, 1.165) is 24.8 Å². The number of hydrogen-bond donors (Lipinski definition) is 1. The number of rotatable bonds is 6. The normalized spacial score (nSPS) is 19.3. The molecule has 1 aromatic rings. The fraction of sp³-hybridized carbons (Fsp3) is 0.533. The van der Waals surface area contributed by atoms with Crippen molar-refractivity contribution in [3.8, 4) is 11.8 Å². The van der Waals surface area contributed by atoms with Gasteiger partial charge in [-0.15, -0.1) is 0 Å². The zero-order valence-electron chi connectivity index (χ0n) is 11.4. The highest BCUT2D eigenvalue weighted by Crippen LogP contribution is 2.14. The van der Waals surface area contributed by atoms with E-state index in [1.807, 2.05) is 30.3 Å². The van der Waals surface area contributed by atoms with Crippen molar-refractivity contribution in [2.45, 2.75) is 13.0 Å². The topological polar surface area (TPSA) is 48.3 Å². The SMILES string of the molecule is CN1CCC(CNCc2ccc(OCC#N)cc2)C1. The van der Waals surface area contributed by atoms with Crippen molar-refractivity contribution >= 4 is 0 Å². The molecule has 1 saturated heterocycles. The van der Waals surface area contributed by atoms with E-state index in [1.54, 1.807) is 0 Å². The number of ether oxygens (including phenoxy) is 1. The van der Waals surface area contributed by atoms with Gasteiger partial charge >= 0.3 is 0 Å². The van der Waals surface area contributed by atoms with E-state index in [2.05, 4.69) is 17.3 Å². The van der Waals surface area contributed by atoms with Crippen molar-refractivity contribution in [3.63, 3.8) is 0 Å². The van der Waals surface area contributed by atoms with Crippen LogP contribution in [0.4, 0.5) is 0 Å². The second kappa shape index (κ2) is 7.13. The van der Waals surface area contributed by atoms with Crippen molar-refractivity contribution in [3.05, 3.63) is 29.8 Å². The molecule has 0 aliphatic carbocycles. The first kappa shape index (κ1) is 13.9. The van der Waals surface area contributed by atoms with Gasteiger partial charge in [0.25, 0.3) is 0 Å². The van der Waals surface area contributed by atoms with Gasteiger partial charge in [-0.05, 0) is 50.2 Å². The van der Waals surface area contributed by atoms with Gasteiger partial charge in [-0.3, -0.25) is 0 Å². The van der Waals surface area contributed by atoms with E-state index in [9.17, 15) is 0 Å². The Bertz CT molecular complexity index is 424. The molecular weight excluding hydrogens is 238 g/mol. The van der Waals surface area contributed by atoms with Crippen LogP contribution in [-0.2, 0) is 6.54 Å². The molecule has 0 saturated carbocycles. The minimum absolute atomic E-state index is 0.104. The lowest BCUT2D eigenvalue weighted by atomic mass is 10.1. The predicted molar refractivity (Wildman–Crippen MR) is 74.9 cm³/mol. The van der Waals surface area contributed by atoms with Crippen LogP contribution in [0, 0.1) is 17.2 Å². The van der Waals surface area contributed by atoms with Crippen molar-refractivity contribution in [1.29, 1.82) is 5.26 Å². The Morgan fingerprint density at radius 3 is 2.84 bits per heavy atom. The van der Waals surface area contributed by atoms with E-state index in [-0.39, 0.29) is 6.61 Å². The highest BCUT2D eigenvalue weighted by Gasteiger charge is 2.18. The van der Waals surface area contributed by atoms with Crippen LogP contribution in [0.2, 0.25) is 0 Å². The maximum absolute atomic E-state index is 8.43. The molecule has 1 aliphatic rings. The summed E-state index contributed by atoms with van der Waals surface area (Å²) < 4.78 is 5.22. The first-order valence-electron chi connectivity index (χ1n) is 6.76. The number of nitrogens with one attached hydrogen (secondary N) is 1. The summed E-state index contributed by atoms with van der Waals surface area (Å²) in [5.41, 5.74) is 1.25. The van der Waals surface area contributed by atoms with Crippen LogP contribution >= 0.6 is 0 Å². The molecule has 0 radical (unpaired) electrons. The summed E-state index contributed by atoms with van der Waals surface area (Å²) in [5.74, 6) is 1.53. The van der Waals surface area contributed by atoms with Crippen molar-refractivity contribution < 1.29 is 4.74 Å². The van der Waals surface area contributed by atoms with Crippen LogP contribution in [0.5, 0.6) is 5.75 Å². The van der Waals surface area contributed by atoms with Crippen LogP contribution in [0.25, 0.3) is 0 Å². The molecule has 4 nitrogen and oxygen atoms in total. The molecule has 2 rings (SSSR count). The predicted octanol–water partition coefficient (Wildman–Crippen LogP) is 1.63. The molecule has 1 unspecified atom stereocenters. The van der Waals surface area contributed by atoms with Gasteiger partial charge in [-0.2, -0.15) is 5.26 Å². The number of likely N-dealkylation sites (tertiary alicyclic amines) is 1. The standard InChI is InChI=1S/C15H21N3O/c1-18-8-6-14(12-18)11-17-10-13-2-4-15(5-3-13)19-9-7-16/h2-5,14,17H,6,8-12H2,1H3. The largest absolute Gasteiger partial charge is 0.479 e. The summed E-state index contributed by atoms with van der Waals surface area (Å²) >= 11 is 0. The summed E-state index contributed by atoms with van der Waals surface area (Å²) in [4.78, 5) is 2.38. The highest BCUT2D eigenvalue weighted by molar-refractivity contribution is 5.27. The molecule has 0 amide bonds. The van der Waals surface area contributed by atoms with E-state index in [0.29, 0.717) is 0 Å². The molecule has 0 bridgehead atoms. The van der Waals surface area contributed by atoms with Gasteiger partial charge in [0, 0.05) is 13.1 Å². The van der Waals surface area contributed by atoms with Gasteiger partial charge in [0.15, 0.2) is 6.61 Å². The van der Waals surface area contributed by atoms with E-state index >= 15 is 0 Å². The van der Waals surface area contributed by atoms with Crippen LogP contribution in [-0.4, -0.2) is 38.2 Å². The van der Waals surface area contributed by atoms with Crippen molar-refractivity contribution in [1.82, 2.24) is 10.2 Å². The average Bonchev–Trinajstić information content (AvgIpc) is 2.84. The van der Waals surface area contributed by atoms with Gasteiger partial charge < -0.3 is 15.0 Å². The van der Waals surface area contributed by atoms with Gasteiger partial charge in [0.1, 0.15) is 11.8 Å². The second-order valence-electron chi connectivity index (χ2n) is 5.14. The molecule has 1 N–H and O–H groups in total. The first-order valence-corrected chi connectivity index (χ1v) is 6.76. The Hall–Kier alpha value is -1.57. The number of nitrogens with zero attached hydrogens (tertiary/aromatic N) is 2. The van der Waals surface area contributed by atoms with E-state index in [4.69, 9.17) is 10.00 Å². The first-order chi connectivity index (χ1) is 9.28. The van der Waals surface area contributed by atoms with E-state index in [1.165, 1.54) is 25.1 Å². The Balaban J connectivity index is 1.69. The molecule has 1 heterocycles.